The molecule has 0 aromatic heterocycles. The highest BCUT2D eigenvalue weighted by molar-refractivity contribution is 5.71. The molecule has 0 radical (unpaired) electrons. The van der Waals surface area contributed by atoms with E-state index in [1.807, 2.05) is 20.8 Å². The number of hydrogen-bond acceptors (Lipinski definition) is 5. The number of ether oxygens (including phenoxy) is 2. The lowest BCUT2D eigenvalue weighted by Crippen LogP contribution is -2.32. The molecule has 6 heteroatoms. The molecule has 0 aliphatic heterocycles. The number of hydrogen-bond donors (Lipinski definition) is 1. The normalized spacial score (nSPS) is 10.6. The number of esters is 1. The molecule has 0 atom stereocenters. The van der Waals surface area contributed by atoms with Crippen molar-refractivity contribution in [2.75, 3.05) is 13.2 Å². The zero-order chi connectivity index (χ0) is 16.8. The standard InChI is InChI=1S/C16H28N2O4/c1-16(2,3)22-15(20)18-12-8-6-4-5-7-9-13-21-14(19)10-11-17/h4-10,12-13H2,1-3H3,(H,18,20). The highest BCUT2D eigenvalue weighted by Crippen LogP contribution is 2.07. The summed E-state index contributed by atoms with van der Waals surface area (Å²) in [6, 6.07) is 1.76. The van der Waals surface area contributed by atoms with Crippen LogP contribution in [0.2, 0.25) is 0 Å². The molecule has 0 saturated heterocycles. The molecule has 0 saturated carbocycles. The lowest BCUT2D eigenvalue weighted by Gasteiger charge is -2.19. The molecule has 0 unspecified atom stereocenters. The van der Waals surface area contributed by atoms with Gasteiger partial charge < -0.3 is 14.8 Å². The number of nitriles is 1. The molecule has 0 aliphatic rings. The number of unbranched alkanes of at least 4 members (excludes halogenated alkanes) is 5. The third kappa shape index (κ3) is 14.6. The second-order valence-corrected chi connectivity index (χ2v) is 6.11. The first kappa shape index (κ1) is 20.2. The quantitative estimate of drug-likeness (QED) is 0.494. The van der Waals surface area contributed by atoms with Gasteiger partial charge in [0.25, 0.3) is 0 Å². The van der Waals surface area contributed by atoms with Crippen molar-refractivity contribution in [3.05, 3.63) is 0 Å². The molecule has 126 valence electrons. The first-order valence-corrected chi connectivity index (χ1v) is 7.84. The van der Waals surface area contributed by atoms with Gasteiger partial charge in [-0.15, -0.1) is 0 Å². The molecule has 1 amide bonds. The van der Waals surface area contributed by atoms with Crippen LogP contribution in [0, 0.1) is 11.3 Å². The highest BCUT2D eigenvalue weighted by Gasteiger charge is 2.15. The summed E-state index contributed by atoms with van der Waals surface area (Å²) in [6.07, 6.45) is 5.41. The van der Waals surface area contributed by atoms with E-state index >= 15 is 0 Å². The zero-order valence-electron chi connectivity index (χ0n) is 13.9. The minimum Gasteiger partial charge on any atom is -0.465 e. The molecular weight excluding hydrogens is 284 g/mol. The van der Waals surface area contributed by atoms with E-state index in [2.05, 4.69) is 5.32 Å². The topological polar surface area (TPSA) is 88.4 Å². The van der Waals surface area contributed by atoms with Crippen molar-refractivity contribution in [1.29, 1.82) is 5.26 Å². The van der Waals surface area contributed by atoms with Crippen molar-refractivity contribution >= 4 is 12.1 Å². The molecule has 1 N–H and O–H groups in total. The van der Waals surface area contributed by atoms with Gasteiger partial charge >= 0.3 is 12.1 Å². The van der Waals surface area contributed by atoms with Crippen molar-refractivity contribution in [2.45, 2.75) is 71.3 Å². The number of nitrogens with one attached hydrogen (secondary N) is 1. The van der Waals surface area contributed by atoms with Crippen LogP contribution in [0.4, 0.5) is 4.79 Å². The van der Waals surface area contributed by atoms with Crippen LogP contribution >= 0.6 is 0 Å². The number of nitrogens with zero attached hydrogens (tertiary/aromatic N) is 1. The minimum atomic E-state index is -0.458. The summed E-state index contributed by atoms with van der Waals surface area (Å²) in [5, 5.41) is 11.0. The van der Waals surface area contributed by atoms with E-state index in [0.717, 1.165) is 38.5 Å². The largest absolute Gasteiger partial charge is 0.465 e. The number of carbonyl (C=O) groups is 2. The number of alkyl carbamates (subject to hydrolysis) is 1. The Balaban J connectivity index is 3.29. The van der Waals surface area contributed by atoms with Crippen LogP contribution < -0.4 is 5.32 Å². The molecule has 0 heterocycles. The maximum Gasteiger partial charge on any atom is 0.407 e. The van der Waals surface area contributed by atoms with E-state index in [0.29, 0.717) is 13.2 Å². The van der Waals surface area contributed by atoms with E-state index in [9.17, 15) is 9.59 Å². The molecule has 0 aromatic carbocycles. The van der Waals surface area contributed by atoms with Crippen LogP contribution in [0.1, 0.15) is 65.7 Å². The van der Waals surface area contributed by atoms with E-state index in [1.54, 1.807) is 6.07 Å². The van der Waals surface area contributed by atoms with Gasteiger partial charge in [0.1, 0.15) is 12.0 Å². The lowest BCUT2D eigenvalue weighted by molar-refractivity contribution is -0.142. The average molecular weight is 312 g/mol. The van der Waals surface area contributed by atoms with Gasteiger partial charge in [-0.25, -0.2) is 4.79 Å². The summed E-state index contributed by atoms with van der Waals surface area (Å²) in [5.74, 6) is -0.448. The fraction of sp³-hybridized carbons (Fsp3) is 0.812. The Hall–Kier alpha value is -1.77. The summed E-state index contributed by atoms with van der Waals surface area (Å²) < 4.78 is 10.0. The Kier molecular flexibility index (Phi) is 10.9. The molecule has 0 aromatic rings. The third-order valence-corrected chi connectivity index (χ3v) is 2.73. The fourth-order valence-electron chi connectivity index (χ4n) is 1.74. The summed E-state index contributed by atoms with van der Waals surface area (Å²) >= 11 is 0. The van der Waals surface area contributed by atoms with Crippen LogP contribution in [-0.2, 0) is 14.3 Å². The summed E-state index contributed by atoms with van der Waals surface area (Å²) in [4.78, 5) is 22.3. The molecule has 0 spiro atoms. The van der Waals surface area contributed by atoms with Crippen LogP contribution in [0.3, 0.4) is 0 Å². The smallest absolute Gasteiger partial charge is 0.407 e. The van der Waals surface area contributed by atoms with Crippen LogP contribution in [0.15, 0.2) is 0 Å². The van der Waals surface area contributed by atoms with Crippen LogP contribution in [0.25, 0.3) is 0 Å². The summed E-state index contributed by atoms with van der Waals surface area (Å²) in [7, 11) is 0. The molecule has 0 aliphatic carbocycles. The van der Waals surface area contributed by atoms with Crippen molar-refractivity contribution < 1.29 is 19.1 Å². The van der Waals surface area contributed by atoms with E-state index in [4.69, 9.17) is 14.7 Å². The molecule has 6 nitrogen and oxygen atoms in total. The Morgan fingerprint density at radius 1 is 1.05 bits per heavy atom. The van der Waals surface area contributed by atoms with Gasteiger partial charge in [0, 0.05) is 6.54 Å². The molecule has 0 rings (SSSR count). The molecule has 0 fully saturated rings. The van der Waals surface area contributed by atoms with E-state index in [-0.39, 0.29) is 12.5 Å². The Morgan fingerprint density at radius 2 is 1.64 bits per heavy atom. The number of amides is 1. The molecule has 22 heavy (non-hydrogen) atoms. The second kappa shape index (κ2) is 11.8. The first-order chi connectivity index (χ1) is 10.3. The first-order valence-electron chi connectivity index (χ1n) is 7.84. The molecule has 0 bridgehead atoms. The van der Waals surface area contributed by atoms with Gasteiger partial charge in [-0.1, -0.05) is 25.7 Å². The monoisotopic (exact) mass is 312 g/mol. The maximum atomic E-state index is 11.4. The SMILES string of the molecule is CC(C)(C)OC(=O)NCCCCCCCCOC(=O)CC#N. The van der Waals surface area contributed by atoms with Crippen molar-refractivity contribution in [2.24, 2.45) is 0 Å². The van der Waals surface area contributed by atoms with Gasteiger partial charge in [-0.3, -0.25) is 4.79 Å². The average Bonchev–Trinajstić information content (AvgIpc) is 2.39. The summed E-state index contributed by atoms with van der Waals surface area (Å²) in [6.45, 7) is 6.53. The van der Waals surface area contributed by atoms with E-state index in [1.165, 1.54) is 0 Å². The van der Waals surface area contributed by atoms with Gasteiger partial charge in [0.15, 0.2) is 0 Å². The van der Waals surface area contributed by atoms with Gasteiger partial charge in [-0.2, -0.15) is 5.26 Å². The summed E-state index contributed by atoms with van der Waals surface area (Å²) in [5.41, 5.74) is -0.458. The second-order valence-electron chi connectivity index (χ2n) is 6.11. The predicted octanol–water partition coefficient (Wildman–Crippen LogP) is 3.31. The van der Waals surface area contributed by atoms with Crippen LogP contribution in [0.5, 0.6) is 0 Å². The third-order valence-electron chi connectivity index (χ3n) is 2.73. The number of rotatable bonds is 10. The highest BCUT2D eigenvalue weighted by atomic mass is 16.6. The van der Waals surface area contributed by atoms with Crippen molar-refractivity contribution in [1.82, 2.24) is 5.32 Å². The minimum absolute atomic E-state index is 0.176. The Morgan fingerprint density at radius 3 is 2.23 bits per heavy atom. The maximum absolute atomic E-state index is 11.4. The van der Waals surface area contributed by atoms with Gasteiger partial charge in [0.05, 0.1) is 12.7 Å². The van der Waals surface area contributed by atoms with Crippen molar-refractivity contribution in [3.63, 3.8) is 0 Å². The Labute approximate surface area is 133 Å². The Bertz CT molecular complexity index is 369. The lowest BCUT2D eigenvalue weighted by atomic mass is 10.1. The predicted molar refractivity (Wildman–Crippen MR) is 83.1 cm³/mol. The molecular formula is C16H28N2O4. The van der Waals surface area contributed by atoms with Crippen molar-refractivity contribution in [3.8, 4) is 6.07 Å². The van der Waals surface area contributed by atoms with E-state index < -0.39 is 11.6 Å². The van der Waals surface area contributed by atoms with Gasteiger partial charge in [-0.05, 0) is 33.6 Å². The fourth-order valence-corrected chi connectivity index (χ4v) is 1.74. The van der Waals surface area contributed by atoms with Gasteiger partial charge in [0.2, 0.25) is 0 Å². The number of carbonyl (C=O) groups excluding carboxylic acids is 2. The van der Waals surface area contributed by atoms with Crippen LogP contribution in [-0.4, -0.2) is 30.8 Å². The zero-order valence-corrected chi connectivity index (χ0v) is 13.9.